The average Bonchev–Trinajstić information content (AvgIpc) is 2.62. The molecule has 0 aromatic rings. The summed E-state index contributed by atoms with van der Waals surface area (Å²) in [6.45, 7) is 4.47. The minimum absolute atomic E-state index is 0.0296. The summed E-state index contributed by atoms with van der Waals surface area (Å²) in [4.78, 5) is 11.9. The molecule has 0 aromatic heterocycles. The second kappa shape index (κ2) is 11.0. The first kappa shape index (κ1) is 21.4. The van der Waals surface area contributed by atoms with E-state index in [1.165, 1.54) is 32.1 Å². The van der Waals surface area contributed by atoms with Gasteiger partial charge in [0.2, 0.25) is 5.91 Å². The van der Waals surface area contributed by atoms with E-state index in [1.54, 1.807) is 13.0 Å². The van der Waals surface area contributed by atoms with Gasteiger partial charge in [-0.05, 0) is 51.5 Å². The van der Waals surface area contributed by atoms with Crippen molar-refractivity contribution in [2.75, 3.05) is 6.54 Å². The van der Waals surface area contributed by atoms with Crippen molar-refractivity contribution >= 4 is 5.91 Å². The molecule has 1 aliphatic carbocycles. The molecule has 1 saturated carbocycles. The third-order valence-electron chi connectivity index (χ3n) is 5.35. The first-order chi connectivity index (χ1) is 12.5. The maximum absolute atomic E-state index is 11.9. The Bertz CT molecular complexity index is 449. The molecular weight excluding hydrogens is 334 g/mol. The second-order valence-corrected chi connectivity index (χ2v) is 7.76. The van der Waals surface area contributed by atoms with Gasteiger partial charge in [-0.25, -0.2) is 0 Å². The molecule has 6 nitrogen and oxygen atoms in total. The highest BCUT2D eigenvalue weighted by Crippen LogP contribution is 2.23. The predicted octanol–water partition coefficient (Wildman–Crippen LogP) is 2.28. The van der Waals surface area contributed by atoms with Crippen molar-refractivity contribution in [3.63, 3.8) is 0 Å². The zero-order chi connectivity index (χ0) is 18.9. The van der Waals surface area contributed by atoms with E-state index in [0.717, 1.165) is 19.4 Å². The van der Waals surface area contributed by atoms with Crippen molar-refractivity contribution < 1.29 is 24.5 Å². The van der Waals surface area contributed by atoms with Crippen LogP contribution in [0.5, 0.6) is 0 Å². The highest BCUT2D eigenvalue weighted by atomic mass is 16.7. The fourth-order valence-corrected chi connectivity index (χ4v) is 3.58. The summed E-state index contributed by atoms with van der Waals surface area (Å²) >= 11 is 0. The normalized spacial score (nSPS) is 31.8. The molecule has 0 spiro atoms. The highest BCUT2D eigenvalue weighted by molar-refractivity contribution is 5.87. The first-order valence-electron chi connectivity index (χ1n) is 10.1. The molecule has 6 heteroatoms. The third-order valence-corrected chi connectivity index (χ3v) is 5.35. The standard InChI is InChI=1S/C20H35NO5/c1-14(25-20-18(23)12-17(22)15(2)26-20)8-6-7-11-19(24)21-13-16-9-4-3-5-10-16/h7,11,14-18,20,22-23H,3-6,8-10,12-13H2,1-2H3,(H,21,24)/b11-7+/t14-,15+,17?,18-,20?/m1/s1. The molecule has 1 heterocycles. The van der Waals surface area contributed by atoms with Crippen molar-refractivity contribution in [3.8, 4) is 0 Å². The molecular formula is C20H35NO5. The molecule has 1 amide bonds. The van der Waals surface area contributed by atoms with E-state index in [2.05, 4.69) is 5.32 Å². The van der Waals surface area contributed by atoms with Gasteiger partial charge in [0.05, 0.1) is 18.3 Å². The maximum atomic E-state index is 11.9. The molecule has 2 unspecified atom stereocenters. The van der Waals surface area contributed by atoms with Crippen LogP contribution in [0.15, 0.2) is 12.2 Å². The SMILES string of the molecule is C[C@H](CC/C=C/C(=O)NCC1CCCCC1)OC1O[C@@H](C)C(O)C[C@H]1O. The summed E-state index contributed by atoms with van der Waals surface area (Å²) in [5.74, 6) is 0.607. The Morgan fingerprint density at radius 2 is 2.00 bits per heavy atom. The Hall–Kier alpha value is -0.950. The molecule has 5 atom stereocenters. The number of nitrogens with one attached hydrogen (secondary N) is 1. The van der Waals surface area contributed by atoms with Gasteiger partial charge >= 0.3 is 0 Å². The van der Waals surface area contributed by atoms with Crippen LogP contribution >= 0.6 is 0 Å². The predicted molar refractivity (Wildman–Crippen MR) is 99.5 cm³/mol. The van der Waals surface area contributed by atoms with Crippen LogP contribution in [0.3, 0.4) is 0 Å². The van der Waals surface area contributed by atoms with Gasteiger partial charge in [0.1, 0.15) is 6.10 Å². The fourth-order valence-electron chi connectivity index (χ4n) is 3.58. The Labute approximate surface area is 156 Å². The summed E-state index contributed by atoms with van der Waals surface area (Å²) in [6, 6.07) is 0. The van der Waals surface area contributed by atoms with Crippen LogP contribution < -0.4 is 5.32 Å². The lowest BCUT2D eigenvalue weighted by Gasteiger charge is -2.36. The van der Waals surface area contributed by atoms with Crippen LogP contribution in [0.25, 0.3) is 0 Å². The van der Waals surface area contributed by atoms with Gasteiger partial charge in [0.15, 0.2) is 6.29 Å². The van der Waals surface area contributed by atoms with E-state index >= 15 is 0 Å². The molecule has 0 aromatic carbocycles. The highest BCUT2D eigenvalue weighted by Gasteiger charge is 2.35. The molecule has 2 aliphatic rings. The fraction of sp³-hybridized carbons (Fsp3) is 0.850. The molecule has 2 rings (SSSR count). The van der Waals surface area contributed by atoms with Crippen LogP contribution in [0.4, 0.5) is 0 Å². The van der Waals surface area contributed by atoms with Crippen LogP contribution in [-0.4, -0.2) is 53.4 Å². The lowest BCUT2D eigenvalue weighted by molar-refractivity contribution is -0.273. The summed E-state index contributed by atoms with van der Waals surface area (Å²) in [5, 5.41) is 22.6. The molecule has 1 aliphatic heterocycles. The molecule has 0 radical (unpaired) electrons. The number of ether oxygens (including phenoxy) is 2. The van der Waals surface area contributed by atoms with Crippen molar-refractivity contribution in [2.45, 2.75) is 95.9 Å². The largest absolute Gasteiger partial charge is 0.390 e. The van der Waals surface area contributed by atoms with Gasteiger partial charge in [0.25, 0.3) is 0 Å². The van der Waals surface area contributed by atoms with E-state index in [4.69, 9.17) is 9.47 Å². The molecule has 150 valence electrons. The van der Waals surface area contributed by atoms with Crippen molar-refractivity contribution in [2.24, 2.45) is 5.92 Å². The monoisotopic (exact) mass is 369 g/mol. The first-order valence-corrected chi connectivity index (χ1v) is 10.1. The van der Waals surface area contributed by atoms with Crippen molar-refractivity contribution in [1.82, 2.24) is 5.32 Å². The molecule has 1 saturated heterocycles. The smallest absolute Gasteiger partial charge is 0.243 e. The van der Waals surface area contributed by atoms with Crippen LogP contribution in [0.2, 0.25) is 0 Å². The van der Waals surface area contributed by atoms with E-state index in [0.29, 0.717) is 5.92 Å². The van der Waals surface area contributed by atoms with Gasteiger partial charge in [0, 0.05) is 13.0 Å². The van der Waals surface area contributed by atoms with Gasteiger partial charge in [-0.15, -0.1) is 0 Å². The van der Waals surface area contributed by atoms with Gasteiger partial charge in [-0.3, -0.25) is 4.79 Å². The minimum Gasteiger partial charge on any atom is -0.390 e. The number of aliphatic hydroxyl groups is 2. The Morgan fingerprint density at radius 1 is 1.27 bits per heavy atom. The number of rotatable bonds is 8. The Balaban J connectivity index is 1.59. The Kier molecular flexibility index (Phi) is 9.05. The Morgan fingerprint density at radius 3 is 2.73 bits per heavy atom. The lowest BCUT2D eigenvalue weighted by atomic mass is 9.89. The number of allylic oxidation sites excluding steroid dienone is 1. The quantitative estimate of drug-likeness (QED) is 0.571. The van der Waals surface area contributed by atoms with E-state index < -0.39 is 18.5 Å². The zero-order valence-corrected chi connectivity index (χ0v) is 16.1. The van der Waals surface area contributed by atoms with Crippen LogP contribution in [-0.2, 0) is 14.3 Å². The number of aliphatic hydroxyl groups excluding tert-OH is 2. The maximum Gasteiger partial charge on any atom is 0.243 e. The molecule has 0 bridgehead atoms. The van der Waals surface area contributed by atoms with E-state index in [1.807, 2.05) is 13.0 Å². The second-order valence-electron chi connectivity index (χ2n) is 7.76. The van der Waals surface area contributed by atoms with Gasteiger partial charge in [-0.1, -0.05) is 25.3 Å². The topological polar surface area (TPSA) is 88.0 Å². The number of hydrogen-bond donors (Lipinski definition) is 3. The average molecular weight is 370 g/mol. The van der Waals surface area contributed by atoms with Crippen molar-refractivity contribution in [3.05, 3.63) is 12.2 Å². The van der Waals surface area contributed by atoms with Crippen LogP contribution in [0, 0.1) is 5.92 Å². The zero-order valence-electron chi connectivity index (χ0n) is 16.1. The van der Waals surface area contributed by atoms with Crippen molar-refractivity contribution in [1.29, 1.82) is 0 Å². The third kappa shape index (κ3) is 7.35. The van der Waals surface area contributed by atoms with E-state index in [-0.39, 0.29) is 24.5 Å². The summed E-state index contributed by atoms with van der Waals surface area (Å²) in [5.41, 5.74) is 0. The number of carbonyl (C=O) groups excluding carboxylic acids is 1. The number of carbonyl (C=O) groups is 1. The molecule has 26 heavy (non-hydrogen) atoms. The summed E-state index contributed by atoms with van der Waals surface area (Å²) in [7, 11) is 0. The minimum atomic E-state index is -0.815. The molecule has 3 N–H and O–H groups in total. The van der Waals surface area contributed by atoms with Gasteiger partial charge < -0.3 is 25.0 Å². The molecule has 2 fully saturated rings. The number of amides is 1. The summed E-state index contributed by atoms with van der Waals surface area (Å²) in [6.07, 6.45) is 8.90. The lowest BCUT2D eigenvalue weighted by Crippen LogP contribution is -2.48. The number of hydrogen-bond acceptors (Lipinski definition) is 5. The van der Waals surface area contributed by atoms with E-state index in [9.17, 15) is 15.0 Å². The van der Waals surface area contributed by atoms with Gasteiger partial charge in [-0.2, -0.15) is 0 Å². The van der Waals surface area contributed by atoms with Crippen LogP contribution in [0.1, 0.15) is 65.2 Å². The summed E-state index contributed by atoms with van der Waals surface area (Å²) < 4.78 is 11.2.